The molecule has 0 atom stereocenters. The molecule has 1 aromatic carbocycles. The maximum atomic E-state index is 14.0. The summed E-state index contributed by atoms with van der Waals surface area (Å²) in [4.78, 5) is 4.46. The molecular formula is C14H15FN2O2. The maximum absolute atomic E-state index is 14.0. The van der Waals surface area contributed by atoms with Gasteiger partial charge in [-0.2, -0.15) is 0 Å². The quantitative estimate of drug-likeness (QED) is 0.903. The first-order chi connectivity index (χ1) is 9.26. The van der Waals surface area contributed by atoms with Crippen LogP contribution in [0.4, 0.5) is 10.1 Å². The Labute approximate surface area is 110 Å². The Morgan fingerprint density at radius 2 is 2.26 bits per heavy atom. The number of hydrogen-bond acceptors (Lipinski definition) is 4. The Morgan fingerprint density at radius 1 is 1.42 bits per heavy atom. The van der Waals surface area contributed by atoms with Crippen LogP contribution in [0.5, 0.6) is 5.75 Å². The molecule has 0 spiro atoms. The van der Waals surface area contributed by atoms with Gasteiger partial charge in [0, 0.05) is 19.0 Å². The molecule has 1 aromatic heterocycles. The van der Waals surface area contributed by atoms with Gasteiger partial charge in [0.1, 0.15) is 17.1 Å². The maximum Gasteiger partial charge on any atom is 0.149 e. The molecule has 5 heteroatoms. The van der Waals surface area contributed by atoms with E-state index >= 15 is 0 Å². The van der Waals surface area contributed by atoms with E-state index in [2.05, 4.69) is 10.3 Å². The molecule has 4 nitrogen and oxygen atoms in total. The monoisotopic (exact) mass is 262 g/mol. The van der Waals surface area contributed by atoms with E-state index in [1.807, 2.05) is 7.05 Å². The summed E-state index contributed by atoms with van der Waals surface area (Å²) in [6, 6.07) is 3.01. The smallest absolute Gasteiger partial charge is 0.149 e. The van der Waals surface area contributed by atoms with E-state index in [1.54, 1.807) is 13.2 Å². The number of methoxy groups -OCH3 is 1. The summed E-state index contributed by atoms with van der Waals surface area (Å²) < 4.78 is 24.8. The molecule has 3 rings (SSSR count). The number of fused-ring (bicyclic) bond motifs is 2. The van der Waals surface area contributed by atoms with Gasteiger partial charge in [-0.1, -0.05) is 0 Å². The lowest BCUT2D eigenvalue weighted by molar-refractivity contribution is 0.110. The molecule has 100 valence electrons. The summed E-state index contributed by atoms with van der Waals surface area (Å²) in [5, 5.41) is 3.81. The van der Waals surface area contributed by atoms with Crippen molar-refractivity contribution in [2.75, 3.05) is 26.1 Å². The molecule has 0 amide bonds. The fraction of sp³-hybridized carbons (Fsp3) is 0.357. The number of hydrogen-bond donors (Lipinski definition) is 1. The van der Waals surface area contributed by atoms with Gasteiger partial charge >= 0.3 is 0 Å². The minimum Gasteiger partial charge on any atom is -0.496 e. The Hall–Kier alpha value is -1.88. The molecule has 0 unspecified atom stereocenters. The second-order valence-corrected chi connectivity index (χ2v) is 4.44. The van der Waals surface area contributed by atoms with Crippen molar-refractivity contribution in [1.82, 2.24) is 4.98 Å². The zero-order valence-electron chi connectivity index (χ0n) is 10.9. The minimum atomic E-state index is -0.332. The molecule has 0 saturated heterocycles. The lowest BCUT2D eigenvalue weighted by Gasteiger charge is -2.21. The summed E-state index contributed by atoms with van der Waals surface area (Å²) in [5.74, 6) is 0.281. The predicted molar refractivity (Wildman–Crippen MR) is 71.2 cm³/mol. The zero-order valence-corrected chi connectivity index (χ0v) is 10.9. The number of nitrogens with zero attached hydrogens (tertiary/aromatic N) is 1. The van der Waals surface area contributed by atoms with Gasteiger partial charge in [0.15, 0.2) is 0 Å². The lowest BCUT2D eigenvalue weighted by Crippen LogP contribution is -2.15. The van der Waals surface area contributed by atoms with Crippen molar-refractivity contribution in [3.63, 3.8) is 0 Å². The van der Waals surface area contributed by atoms with Crippen LogP contribution in [0.3, 0.4) is 0 Å². The number of rotatable bonds is 2. The topological polar surface area (TPSA) is 43.4 Å². The van der Waals surface area contributed by atoms with Crippen molar-refractivity contribution < 1.29 is 13.9 Å². The summed E-state index contributed by atoms with van der Waals surface area (Å²) in [6.07, 6.45) is 0.705. The number of benzene rings is 1. The molecule has 0 fully saturated rings. The molecule has 2 aromatic rings. The molecule has 1 N–H and O–H groups in total. The average Bonchev–Trinajstić information content (AvgIpc) is 2.46. The van der Waals surface area contributed by atoms with Gasteiger partial charge in [0.2, 0.25) is 0 Å². The van der Waals surface area contributed by atoms with E-state index < -0.39 is 0 Å². The standard InChI is InChI=1S/C14H15FN2O2/c1-16-13-8-7-19-6-5-10(8)17-14-9(15)3-4-11(18-2)12(13)14/h3-4H,5-7H2,1-2H3,(H,16,17). The van der Waals surface area contributed by atoms with Gasteiger partial charge in [-0.05, 0) is 12.1 Å². The SMILES string of the molecule is CNc1c2c(nc3c(F)ccc(OC)c13)CCOC2. The van der Waals surface area contributed by atoms with Gasteiger partial charge in [-0.25, -0.2) is 9.37 Å². The molecule has 0 radical (unpaired) electrons. The highest BCUT2D eigenvalue weighted by atomic mass is 19.1. The van der Waals surface area contributed by atoms with Crippen molar-refractivity contribution in [3.05, 3.63) is 29.2 Å². The van der Waals surface area contributed by atoms with Gasteiger partial charge in [-0.15, -0.1) is 0 Å². The van der Waals surface area contributed by atoms with Crippen LogP contribution in [0.2, 0.25) is 0 Å². The normalized spacial score (nSPS) is 14.3. The molecule has 0 aliphatic carbocycles. The van der Waals surface area contributed by atoms with Crippen LogP contribution in [0, 0.1) is 5.82 Å². The summed E-state index contributed by atoms with van der Waals surface area (Å²) in [5.41, 5.74) is 3.08. The van der Waals surface area contributed by atoms with Crippen LogP contribution in [-0.4, -0.2) is 25.7 Å². The highest BCUT2D eigenvalue weighted by Crippen LogP contribution is 2.37. The Kier molecular flexibility index (Phi) is 2.98. The average molecular weight is 262 g/mol. The fourth-order valence-electron chi connectivity index (χ4n) is 2.55. The molecular weight excluding hydrogens is 247 g/mol. The fourth-order valence-corrected chi connectivity index (χ4v) is 2.55. The van der Waals surface area contributed by atoms with Gasteiger partial charge in [0.05, 0.1) is 37.1 Å². The third-order valence-electron chi connectivity index (χ3n) is 3.44. The largest absolute Gasteiger partial charge is 0.496 e. The van der Waals surface area contributed by atoms with E-state index in [9.17, 15) is 4.39 Å². The summed E-state index contributed by atoms with van der Waals surface area (Å²) >= 11 is 0. The van der Waals surface area contributed by atoms with Crippen molar-refractivity contribution in [1.29, 1.82) is 0 Å². The highest BCUT2D eigenvalue weighted by molar-refractivity contribution is 5.98. The number of nitrogens with one attached hydrogen (secondary N) is 1. The van der Waals surface area contributed by atoms with Crippen LogP contribution in [0.1, 0.15) is 11.3 Å². The van der Waals surface area contributed by atoms with Crippen LogP contribution in [-0.2, 0) is 17.8 Å². The molecule has 1 aliphatic rings. The number of ether oxygens (including phenoxy) is 2. The molecule has 19 heavy (non-hydrogen) atoms. The number of anilines is 1. The van der Waals surface area contributed by atoms with Gasteiger partial charge in [-0.3, -0.25) is 0 Å². The van der Waals surface area contributed by atoms with E-state index in [-0.39, 0.29) is 5.82 Å². The molecule has 2 heterocycles. The summed E-state index contributed by atoms with van der Waals surface area (Å²) in [7, 11) is 3.38. The van der Waals surface area contributed by atoms with Crippen molar-refractivity contribution in [2.24, 2.45) is 0 Å². The first-order valence-electron chi connectivity index (χ1n) is 6.19. The number of halogens is 1. The molecule has 0 saturated carbocycles. The van der Waals surface area contributed by atoms with Gasteiger partial charge < -0.3 is 14.8 Å². The second kappa shape index (κ2) is 4.66. The van der Waals surface area contributed by atoms with Crippen LogP contribution in [0.15, 0.2) is 12.1 Å². The zero-order chi connectivity index (χ0) is 13.4. The van der Waals surface area contributed by atoms with Gasteiger partial charge in [0.25, 0.3) is 0 Å². The summed E-state index contributed by atoms with van der Waals surface area (Å²) in [6.45, 7) is 1.12. The van der Waals surface area contributed by atoms with Crippen LogP contribution < -0.4 is 10.1 Å². The highest BCUT2D eigenvalue weighted by Gasteiger charge is 2.21. The Bertz CT molecular complexity index is 643. The first kappa shape index (κ1) is 12.2. The Balaban J connectivity index is 2.42. The van der Waals surface area contributed by atoms with E-state index in [0.29, 0.717) is 36.3 Å². The number of aromatic nitrogens is 1. The molecule has 0 bridgehead atoms. The lowest BCUT2D eigenvalue weighted by atomic mass is 10.0. The predicted octanol–water partition coefficient (Wildman–Crippen LogP) is 2.50. The van der Waals surface area contributed by atoms with Crippen molar-refractivity contribution >= 4 is 16.6 Å². The van der Waals surface area contributed by atoms with E-state index in [1.165, 1.54) is 6.07 Å². The number of pyridine rings is 1. The van der Waals surface area contributed by atoms with E-state index in [0.717, 1.165) is 16.9 Å². The third-order valence-corrected chi connectivity index (χ3v) is 3.44. The minimum absolute atomic E-state index is 0.332. The van der Waals surface area contributed by atoms with Crippen LogP contribution >= 0.6 is 0 Å². The van der Waals surface area contributed by atoms with E-state index in [4.69, 9.17) is 9.47 Å². The van der Waals surface area contributed by atoms with Crippen molar-refractivity contribution in [2.45, 2.75) is 13.0 Å². The second-order valence-electron chi connectivity index (χ2n) is 4.44. The van der Waals surface area contributed by atoms with Crippen LogP contribution in [0.25, 0.3) is 10.9 Å². The first-order valence-corrected chi connectivity index (χ1v) is 6.19. The molecule has 1 aliphatic heterocycles. The Morgan fingerprint density at radius 3 is 3.00 bits per heavy atom. The third kappa shape index (κ3) is 1.81. The van der Waals surface area contributed by atoms with Crippen molar-refractivity contribution in [3.8, 4) is 5.75 Å².